The number of para-hydroxylation sites is 1. The van der Waals surface area contributed by atoms with Gasteiger partial charge in [-0.2, -0.15) is 0 Å². The van der Waals surface area contributed by atoms with E-state index in [2.05, 4.69) is 22.6 Å². The number of ether oxygens (including phenoxy) is 1. The number of carbonyl (C=O) groups excluding carboxylic acids is 4. The summed E-state index contributed by atoms with van der Waals surface area (Å²) in [5, 5.41) is 11.3. The summed E-state index contributed by atoms with van der Waals surface area (Å²) in [6, 6.07) is 14.1. The van der Waals surface area contributed by atoms with Gasteiger partial charge in [0.15, 0.2) is 0 Å². The lowest BCUT2D eigenvalue weighted by atomic mass is 10.0. The third-order valence-corrected chi connectivity index (χ3v) is 8.78. The molecule has 12 heteroatoms. The minimum Gasteiger partial charge on any atom is -0.486 e. The molecule has 2 aromatic carbocycles. The highest BCUT2D eigenvalue weighted by atomic mass is 16.5. The van der Waals surface area contributed by atoms with Gasteiger partial charge in [-0.1, -0.05) is 74.9 Å². The molecule has 1 N–H and O–H groups in total. The maximum Gasteiger partial charge on any atom is 0.255 e. The second kappa shape index (κ2) is 17.6. The van der Waals surface area contributed by atoms with Crippen molar-refractivity contribution < 1.29 is 25.3 Å². The van der Waals surface area contributed by atoms with E-state index in [0.29, 0.717) is 49.2 Å². The number of amides is 4. The fourth-order valence-corrected chi connectivity index (χ4v) is 6.10. The van der Waals surface area contributed by atoms with Gasteiger partial charge in [-0.15, -0.1) is 5.10 Å². The molecule has 4 rings (SSSR count). The summed E-state index contributed by atoms with van der Waals surface area (Å²) in [6.45, 7) is 7.38. The Morgan fingerprint density at radius 3 is 2.45 bits per heavy atom. The molecular formula is C37H53N7O5. The first-order valence-electron chi connectivity index (χ1n) is 17.2. The Morgan fingerprint density at radius 2 is 1.76 bits per heavy atom. The van der Waals surface area contributed by atoms with Gasteiger partial charge in [0, 0.05) is 42.1 Å². The summed E-state index contributed by atoms with van der Waals surface area (Å²) < 4.78 is 7.79. The average molecular weight is 676 g/mol. The fourth-order valence-electron chi connectivity index (χ4n) is 6.10. The smallest absolute Gasteiger partial charge is 0.255 e. The molecule has 3 aromatic rings. The molecule has 1 aromatic heterocycles. The first kappa shape index (κ1) is 37.1. The van der Waals surface area contributed by atoms with Gasteiger partial charge >= 0.3 is 0 Å². The molecule has 1 saturated heterocycles. The largest absolute Gasteiger partial charge is 0.486 e. The molecule has 2 heterocycles. The van der Waals surface area contributed by atoms with Crippen LogP contribution in [0.15, 0.2) is 60.8 Å². The zero-order valence-corrected chi connectivity index (χ0v) is 29.7. The zero-order chi connectivity index (χ0) is 35.5. The lowest BCUT2D eigenvalue weighted by Gasteiger charge is -2.35. The fraction of sp³-hybridized carbons (Fsp3) is 0.514. The topological polar surface area (TPSA) is 130 Å². The lowest BCUT2D eigenvalue weighted by molar-refractivity contribution is -0.149. The van der Waals surface area contributed by atoms with E-state index in [-0.39, 0.29) is 31.7 Å². The van der Waals surface area contributed by atoms with E-state index in [0.717, 1.165) is 24.9 Å². The van der Waals surface area contributed by atoms with Crippen LogP contribution in [0.2, 0.25) is 0 Å². The number of rotatable bonds is 16. The Hall–Kier alpha value is -4.74. The van der Waals surface area contributed by atoms with E-state index < -0.39 is 24.0 Å². The van der Waals surface area contributed by atoms with Crippen molar-refractivity contribution in [2.24, 2.45) is 5.92 Å². The maximum atomic E-state index is 14.2. The molecule has 0 spiro atoms. The summed E-state index contributed by atoms with van der Waals surface area (Å²) in [4.78, 5) is 59.8. The van der Waals surface area contributed by atoms with Crippen LogP contribution in [0, 0.1) is 5.92 Å². The van der Waals surface area contributed by atoms with Crippen molar-refractivity contribution in [2.45, 2.75) is 90.6 Å². The van der Waals surface area contributed by atoms with Crippen LogP contribution in [0.25, 0.3) is 0 Å². The first-order chi connectivity index (χ1) is 23.5. The highest BCUT2D eigenvalue weighted by molar-refractivity contribution is 6.00. The molecule has 1 fully saturated rings. The predicted octanol–water partition coefficient (Wildman–Crippen LogP) is 4.20. The highest BCUT2D eigenvalue weighted by Crippen LogP contribution is 2.25. The van der Waals surface area contributed by atoms with Crippen LogP contribution >= 0.6 is 0 Å². The molecule has 0 radical (unpaired) electrons. The number of likely N-dealkylation sites (tertiary alicyclic amines) is 1. The Balaban J connectivity index is 0.00000676. The van der Waals surface area contributed by atoms with Gasteiger partial charge in [-0.05, 0) is 49.3 Å². The molecule has 0 unspecified atom stereocenters. The van der Waals surface area contributed by atoms with Crippen molar-refractivity contribution in [3.05, 3.63) is 77.6 Å². The van der Waals surface area contributed by atoms with E-state index in [9.17, 15) is 19.2 Å². The summed E-state index contributed by atoms with van der Waals surface area (Å²) in [5.41, 5.74) is 1.87. The molecule has 1 aliphatic rings. The van der Waals surface area contributed by atoms with E-state index in [1.807, 2.05) is 50.4 Å². The molecular weight excluding hydrogens is 622 g/mol. The Kier molecular flexibility index (Phi) is 13.3. The van der Waals surface area contributed by atoms with Crippen LogP contribution in [0.5, 0.6) is 5.75 Å². The van der Waals surface area contributed by atoms with Crippen LogP contribution in [0.1, 0.15) is 75.9 Å². The summed E-state index contributed by atoms with van der Waals surface area (Å²) in [6.07, 6.45) is 5.74. The van der Waals surface area contributed by atoms with Crippen LogP contribution in [-0.2, 0) is 34.0 Å². The normalized spacial score (nSPS) is 15.5. The number of aromatic nitrogens is 3. The molecule has 0 saturated carbocycles. The Morgan fingerprint density at radius 1 is 1.04 bits per heavy atom. The molecule has 1 aliphatic heterocycles. The van der Waals surface area contributed by atoms with Gasteiger partial charge in [0.2, 0.25) is 17.7 Å². The van der Waals surface area contributed by atoms with Gasteiger partial charge in [0.05, 0.1) is 11.8 Å². The predicted molar refractivity (Wildman–Crippen MR) is 189 cm³/mol. The van der Waals surface area contributed by atoms with Gasteiger partial charge in [0.25, 0.3) is 5.91 Å². The average Bonchev–Trinajstić information content (AvgIpc) is 3.77. The highest BCUT2D eigenvalue weighted by Gasteiger charge is 2.41. The van der Waals surface area contributed by atoms with Gasteiger partial charge in [0.1, 0.15) is 36.2 Å². The van der Waals surface area contributed by atoms with Crippen molar-refractivity contribution in [3.8, 4) is 5.75 Å². The van der Waals surface area contributed by atoms with Gasteiger partial charge in [-0.25, -0.2) is 0 Å². The third-order valence-electron chi connectivity index (χ3n) is 8.78. The molecule has 12 nitrogen and oxygen atoms in total. The number of benzene rings is 2. The molecule has 0 bridgehead atoms. The van der Waals surface area contributed by atoms with Crippen LogP contribution in [0.4, 0.5) is 0 Å². The third kappa shape index (κ3) is 9.90. The minimum atomic E-state index is -0.860. The summed E-state index contributed by atoms with van der Waals surface area (Å²) in [5.74, 6) is -0.787. The number of unbranched alkanes of at least 4 members (excludes halogenated alkanes) is 1. The summed E-state index contributed by atoms with van der Waals surface area (Å²) in [7, 11) is 4.98. The van der Waals surface area contributed by atoms with E-state index in [1.54, 1.807) is 55.0 Å². The van der Waals surface area contributed by atoms with Crippen molar-refractivity contribution in [2.75, 3.05) is 27.7 Å². The number of nitrogens with one attached hydrogen (secondary N) is 1. The van der Waals surface area contributed by atoms with E-state index in [4.69, 9.17) is 4.74 Å². The maximum absolute atomic E-state index is 14.2. The van der Waals surface area contributed by atoms with Gasteiger partial charge in [-0.3, -0.25) is 23.9 Å². The Labute approximate surface area is 291 Å². The van der Waals surface area contributed by atoms with Crippen molar-refractivity contribution in [3.63, 3.8) is 0 Å². The molecule has 49 heavy (non-hydrogen) atoms. The SMILES string of the molecule is CCCCn1cc(COc2ccccc2C(=O)N[C@H](CC(C)C)C(=O)N2CCC[C@@H]2C(=O)N(C)[C@@H](Cc2ccccc2)C(=O)N(C)C)nn1.[HH]. The minimum absolute atomic E-state index is 0. The number of hydrogen-bond acceptors (Lipinski definition) is 7. The quantitative estimate of drug-likeness (QED) is 0.241. The molecule has 3 atom stereocenters. The number of carbonyl (C=O) groups is 4. The van der Waals surface area contributed by atoms with Crippen molar-refractivity contribution >= 4 is 23.6 Å². The number of hydrogen-bond donors (Lipinski definition) is 1. The van der Waals surface area contributed by atoms with Crippen LogP contribution in [0.3, 0.4) is 0 Å². The zero-order valence-electron chi connectivity index (χ0n) is 29.7. The standard InChI is InChI=1S/C37H51N7O5.H2/c1-7-8-20-43-24-28(39-40-43)25-49-33-19-13-12-17-29(33)34(45)38-30(22-26(2)3)35(46)44-21-14-18-31(44)37(48)42(6)32(36(47)41(4)5)23-27-15-10-9-11-16-27;/h9-13,15-17,19,24,26,30-32H,7-8,14,18,20-23,25H2,1-6H3,(H,38,45);1H/t30-,31-,32+;/m1./s1. The second-order valence-corrected chi connectivity index (χ2v) is 13.3. The van der Waals surface area contributed by atoms with Crippen LogP contribution < -0.4 is 10.1 Å². The first-order valence-corrected chi connectivity index (χ1v) is 17.2. The molecule has 266 valence electrons. The lowest BCUT2D eigenvalue weighted by Crippen LogP contribution is -2.57. The number of nitrogens with zero attached hydrogens (tertiary/aromatic N) is 6. The van der Waals surface area contributed by atoms with E-state index in [1.165, 1.54) is 9.80 Å². The summed E-state index contributed by atoms with van der Waals surface area (Å²) >= 11 is 0. The Bertz CT molecular complexity index is 1560. The number of aryl methyl sites for hydroxylation is 1. The second-order valence-electron chi connectivity index (χ2n) is 13.3. The monoisotopic (exact) mass is 675 g/mol. The molecule has 4 amide bonds. The molecule has 0 aliphatic carbocycles. The number of likely N-dealkylation sites (N-methyl/N-ethyl adjacent to an activating group) is 2. The van der Waals surface area contributed by atoms with Crippen LogP contribution in [-0.4, -0.2) is 99.1 Å². The van der Waals surface area contributed by atoms with Gasteiger partial charge < -0.3 is 24.8 Å². The van der Waals surface area contributed by atoms with Crippen molar-refractivity contribution in [1.29, 1.82) is 0 Å². The van der Waals surface area contributed by atoms with Crippen molar-refractivity contribution in [1.82, 2.24) is 35.0 Å². The van der Waals surface area contributed by atoms with E-state index >= 15 is 0 Å².